The molecule has 1 fully saturated rings. The third kappa shape index (κ3) is 4.32. The van der Waals surface area contributed by atoms with Gasteiger partial charge < -0.3 is 19.5 Å². The van der Waals surface area contributed by atoms with Crippen LogP contribution in [0.25, 0.3) is 0 Å². The number of methoxy groups -OCH3 is 1. The molecular weight excluding hydrogens is 226 g/mol. The molecule has 1 amide bonds. The number of hydrogen-bond acceptors (Lipinski definition) is 5. The molecule has 1 aliphatic heterocycles. The van der Waals surface area contributed by atoms with Crippen LogP contribution in [0.3, 0.4) is 0 Å². The Balaban J connectivity index is 2.45. The molecule has 1 saturated heterocycles. The van der Waals surface area contributed by atoms with Gasteiger partial charge in [-0.2, -0.15) is 0 Å². The van der Waals surface area contributed by atoms with Crippen LogP contribution < -0.4 is 0 Å². The Morgan fingerprint density at radius 3 is 2.76 bits per heavy atom. The van der Waals surface area contributed by atoms with Crippen LogP contribution in [0, 0.1) is 0 Å². The van der Waals surface area contributed by atoms with Crippen molar-refractivity contribution in [1.29, 1.82) is 0 Å². The van der Waals surface area contributed by atoms with E-state index in [-0.39, 0.29) is 38.0 Å². The zero-order valence-corrected chi connectivity index (χ0v) is 10.1. The van der Waals surface area contributed by atoms with Crippen LogP contribution in [0.4, 0.5) is 0 Å². The molecule has 1 N–H and O–H groups in total. The maximum atomic E-state index is 12.0. The molecular formula is C11H19NO5. The summed E-state index contributed by atoms with van der Waals surface area (Å²) in [5, 5.41) is 8.90. The minimum atomic E-state index is -0.417. The minimum Gasteiger partial charge on any atom is -0.469 e. The van der Waals surface area contributed by atoms with Crippen molar-refractivity contribution < 1.29 is 24.2 Å². The van der Waals surface area contributed by atoms with Crippen molar-refractivity contribution in [1.82, 2.24) is 4.90 Å². The zero-order chi connectivity index (χ0) is 12.7. The number of amides is 1. The van der Waals surface area contributed by atoms with E-state index in [4.69, 9.17) is 9.84 Å². The standard InChI is InChI=1S/C11H19NO5/c1-16-10(14)4-5-12(6-7-13)11(15)9-3-2-8-17-9/h9,13H,2-8H2,1H3. The average Bonchev–Trinajstić information content (AvgIpc) is 2.86. The molecule has 0 aromatic carbocycles. The Kier molecular flexibility index (Phi) is 5.93. The van der Waals surface area contributed by atoms with Crippen LogP contribution in [0.5, 0.6) is 0 Å². The Bertz CT molecular complexity index is 263. The van der Waals surface area contributed by atoms with Gasteiger partial charge in [0.15, 0.2) is 0 Å². The van der Waals surface area contributed by atoms with E-state index in [0.717, 1.165) is 6.42 Å². The lowest BCUT2D eigenvalue weighted by Crippen LogP contribution is -2.41. The molecule has 0 aromatic heterocycles. The molecule has 0 aliphatic carbocycles. The van der Waals surface area contributed by atoms with Crippen molar-refractivity contribution in [3.8, 4) is 0 Å². The highest BCUT2D eigenvalue weighted by Gasteiger charge is 2.28. The molecule has 6 nitrogen and oxygen atoms in total. The summed E-state index contributed by atoms with van der Waals surface area (Å²) in [4.78, 5) is 24.4. The third-order valence-corrected chi connectivity index (χ3v) is 2.70. The van der Waals surface area contributed by atoms with E-state index in [0.29, 0.717) is 13.0 Å². The second-order valence-corrected chi connectivity index (χ2v) is 3.88. The second kappa shape index (κ2) is 7.24. The van der Waals surface area contributed by atoms with Crippen LogP contribution in [0.1, 0.15) is 19.3 Å². The van der Waals surface area contributed by atoms with Crippen LogP contribution in [0.2, 0.25) is 0 Å². The number of hydrogen-bond donors (Lipinski definition) is 1. The molecule has 17 heavy (non-hydrogen) atoms. The number of aliphatic hydroxyl groups excluding tert-OH is 1. The predicted octanol–water partition coefficient (Wildman–Crippen LogP) is -0.451. The van der Waals surface area contributed by atoms with E-state index in [1.54, 1.807) is 0 Å². The van der Waals surface area contributed by atoms with E-state index in [2.05, 4.69) is 4.74 Å². The minimum absolute atomic E-state index is 0.125. The Labute approximate surface area is 100 Å². The van der Waals surface area contributed by atoms with Gasteiger partial charge in [0.1, 0.15) is 6.10 Å². The first-order valence-electron chi connectivity index (χ1n) is 5.77. The molecule has 1 aliphatic rings. The van der Waals surface area contributed by atoms with Crippen molar-refractivity contribution in [2.75, 3.05) is 33.4 Å². The normalized spacial score (nSPS) is 19.1. The number of nitrogens with zero attached hydrogens (tertiary/aromatic N) is 1. The highest BCUT2D eigenvalue weighted by atomic mass is 16.5. The number of ether oxygens (including phenoxy) is 2. The lowest BCUT2D eigenvalue weighted by molar-refractivity contribution is -0.144. The van der Waals surface area contributed by atoms with Gasteiger partial charge in [-0.05, 0) is 12.8 Å². The largest absolute Gasteiger partial charge is 0.469 e. The van der Waals surface area contributed by atoms with E-state index in [1.807, 2.05) is 0 Å². The molecule has 1 unspecified atom stereocenters. The molecule has 1 rings (SSSR count). The smallest absolute Gasteiger partial charge is 0.307 e. The third-order valence-electron chi connectivity index (χ3n) is 2.70. The van der Waals surface area contributed by atoms with Crippen molar-refractivity contribution in [2.45, 2.75) is 25.4 Å². The number of carbonyl (C=O) groups is 2. The number of esters is 1. The van der Waals surface area contributed by atoms with Gasteiger partial charge in [0, 0.05) is 19.7 Å². The lowest BCUT2D eigenvalue weighted by atomic mass is 10.2. The highest BCUT2D eigenvalue weighted by molar-refractivity contribution is 5.81. The molecule has 1 heterocycles. The van der Waals surface area contributed by atoms with Gasteiger partial charge in [-0.25, -0.2) is 0 Å². The first kappa shape index (κ1) is 13.9. The van der Waals surface area contributed by atoms with Crippen LogP contribution in [0.15, 0.2) is 0 Å². The maximum absolute atomic E-state index is 12.0. The number of rotatable bonds is 6. The maximum Gasteiger partial charge on any atom is 0.307 e. The van der Waals surface area contributed by atoms with Crippen LogP contribution in [-0.4, -0.2) is 61.4 Å². The molecule has 0 radical (unpaired) electrons. The van der Waals surface area contributed by atoms with Crippen molar-refractivity contribution in [3.63, 3.8) is 0 Å². The fourth-order valence-corrected chi connectivity index (χ4v) is 1.76. The van der Waals surface area contributed by atoms with Gasteiger partial charge in [0.05, 0.1) is 20.1 Å². The van der Waals surface area contributed by atoms with Gasteiger partial charge in [-0.1, -0.05) is 0 Å². The molecule has 0 bridgehead atoms. The van der Waals surface area contributed by atoms with Crippen molar-refractivity contribution >= 4 is 11.9 Å². The highest BCUT2D eigenvalue weighted by Crippen LogP contribution is 2.14. The summed E-state index contributed by atoms with van der Waals surface area (Å²) in [5.41, 5.74) is 0. The predicted molar refractivity (Wildman–Crippen MR) is 59.3 cm³/mol. The lowest BCUT2D eigenvalue weighted by Gasteiger charge is -2.24. The van der Waals surface area contributed by atoms with Crippen LogP contribution in [-0.2, 0) is 19.1 Å². The molecule has 6 heteroatoms. The van der Waals surface area contributed by atoms with Crippen molar-refractivity contribution in [3.05, 3.63) is 0 Å². The molecule has 1 atom stereocenters. The monoisotopic (exact) mass is 245 g/mol. The molecule has 0 aromatic rings. The van der Waals surface area contributed by atoms with Crippen LogP contribution >= 0.6 is 0 Å². The SMILES string of the molecule is COC(=O)CCN(CCO)C(=O)C1CCCO1. The molecule has 0 spiro atoms. The van der Waals surface area contributed by atoms with E-state index >= 15 is 0 Å². The Morgan fingerprint density at radius 1 is 1.47 bits per heavy atom. The van der Waals surface area contributed by atoms with E-state index in [9.17, 15) is 9.59 Å². The Morgan fingerprint density at radius 2 is 2.24 bits per heavy atom. The average molecular weight is 245 g/mol. The van der Waals surface area contributed by atoms with E-state index in [1.165, 1.54) is 12.0 Å². The topological polar surface area (TPSA) is 76.1 Å². The first-order chi connectivity index (χ1) is 8.19. The number of carbonyl (C=O) groups excluding carboxylic acids is 2. The van der Waals surface area contributed by atoms with Gasteiger partial charge >= 0.3 is 5.97 Å². The summed E-state index contributed by atoms with van der Waals surface area (Å²) in [6.07, 6.45) is 1.30. The summed E-state index contributed by atoms with van der Waals surface area (Å²) in [6.45, 7) is 0.946. The van der Waals surface area contributed by atoms with Gasteiger partial charge in [0.25, 0.3) is 5.91 Å². The number of aliphatic hydroxyl groups is 1. The first-order valence-corrected chi connectivity index (χ1v) is 5.77. The van der Waals surface area contributed by atoms with Gasteiger partial charge in [-0.3, -0.25) is 9.59 Å². The molecule has 98 valence electrons. The Hall–Kier alpha value is -1.14. The fraction of sp³-hybridized carbons (Fsp3) is 0.818. The summed E-state index contributed by atoms with van der Waals surface area (Å²) in [7, 11) is 1.31. The zero-order valence-electron chi connectivity index (χ0n) is 10.1. The summed E-state index contributed by atoms with van der Waals surface area (Å²) in [5.74, 6) is -0.520. The summed E-state index contributed by atoms with van der Waals surface area (Å²) in [6, 6.07) is 0. The second-order valence-electron chi connectivity index (χ2n) is 3.88. The van der Waals surface area contributed by atoms with Gasteiger partial charge in [-0.15, -0.1) is 0 Å². The summed E-state index contributed by atoms with van der Waals surface area (Å²) >= 11 is 0. The van der Waals surface area contributed by atoms with Crippen molar-refractivity contribution in [2.24, 2.45) is 0 Å². The quantitative estimate of drug-likeness (QED) is 0.641. The van der Waals surface area contributed by atoms with Gasteiger partial charge in [0.2, 0.25) is 0 Å². The summed E-state index contributed by atoms with van der Waals surface area (Å²) < 4.78 is 9.80. The molecule has 0 saturated carbocycles. The fourth-order valence-electron chi connectivity index (χ4n) is 1.76. The van der Waals surface area contributed by atoms with E-state index < -0.39 is 6.10 Å².